The zero-order valence-corrected chi connectivity index (χ0v) is 10.8. The summed E-state index contributed by atoms with van der Waals surface area (Å²) in [5.41, 5.74) is 2.25. The van der Waals surface area contributed by atoms with Crippen LogP contribution in [0.1, 0.15) is 48.2 Å². The van der Waals surface area contributed by atoms with Crippen LogP contribution in [0.4, 0.5) is 0 Å². The van der Waals surface area contributed by atoms with Gasteiger partial charge in [-0.05, 0) is 49.4 Å². The van der Waals surface area contributed by atoms with Gasteiger partial charge in [-0.2, -0.15) is 5.26 Å². The summed E-state index contributed by atoms with van der Waals surface area (Å²) in [5, 5.41) is 9.24. The van der Waals surface area contributed by atoms with E-state index in [1.165, 1.54) is 0 Å². The van der Waals surface area contributed by atoms with Crippen LogP contribution >= 0.6 is 0 Å². The van der Waals surface area contributed by atoms with Crippen LogP contribution in [0.15, 0.2) is 18.2 Å². The van der Waals surface area contributed by atoms with Crippen LogP contribution in [-0.2, 0) is 16.6 Å². The van der Waals surface area contributed by atoms with E-state index in [0.29, 0.717) is 12.2 Å². The fraction of sp³-hybridized carbons (Fsp3) is 0.467. The molecule has 0 heterocycles. The summed E-state index contributed by atoms with van der Waals surface area (Å²) >= 11 is 0. The third-order valence-corrected chi connectivity index (χ3v) is 3.43. The first-order valence-electron chi connectivity index (χ1n) is 6.38. The molecule has 0 radical (unpaired) electrons. The highest BCUT2D eigenvalue weighted by Crippen LogP contribution is 2.48. The molecule has 1 fully saturated rings. The summed E-state index contributed by atoms with van der Waals surface area (Å²) in [7, 11) is 0. The summed E-state index contributed by atoms with van der Waals surface area (Å²) in [6, 6.07) is 8.08. The fourth-order valence-electron chi connectivity index (χ4n) is 2.09. The standard InChI is InChI=1S/C15H17NO2/c1-3-11-7-12(14(17)18-4-2)9-13(8-11)15(10-16)5-6-15/h7-9H,3-6H2,1-2H3. The molecule has 94 valence electrons. The van der Waals surface area contributed by atoms with Crippen molar-refractivity contribution in [2.24, 2.45) is 0 Å². The lowest BCUT2D eigenvalue weighted by molar-refractivity contribution is 0.0526. The Hall–Kier alpha value is -1.82. The van der Waals surface area contributed by atoms with E-state index < -0.39 is 0 Å². The van der Waals surface area contributed by atoms with Crippen LogP contribution in [0.2, 0.25) is 0 Å². The first-order valence-corrected chi connectivity index (χ1v) is 6.38. The van der Waals surface area contributed by atoms with Gasteiger partial charge in [-0.15, -0.1) is 0 Å². The van der Waals surface area contributed by atoms with Crippen LogP contribution in [-0.4, -0.2) is 12.6 Å². The number of hydrogen-bond donors (Lipinski definition) is 0. The Kier molecular flexibility index (Phi) is 3.38. The van der Waals surface area contributed by atoms with Crippen molar-refractivity contribution in [3.8, 4) is 6.07 Å². The van der Waals surface area contributed by atoms with Gasteiger partial charge in [0.05, 0.1) is 23.7 Å². The number of ether oxygens (including phenoxy) is 1. The smallest absolute Gasteiger partial charge is 0.338 e. The van der Waals surface area contributed by atoms with Gasteiger partial charge < -0.3 is 4.74 Å². The number of nitrogens with zero attached hydrogens (tertiary/aromatic N) is 1. The Bertz CT molecular complexity index is 510. The van der Waals surface area contributed by atoms with E-state index in [1.807, 2.05) is 25.1 Å². The van der Waals surface area contributed by atoms with Gasteiger partial charge in [0, 0.05) is 0 Å². The van der Waals surface area contributed by atoms with E-state index in [2.05, 4.69) is 6.07 Å². The molecule has 0 N–H and O–H groups in total. The second-order valence-electron chi connectivity index (χ2n) is 4.69. The molecule has 2 rings (SSSR count). The molecule has 0 unspecified atom stereocenters. The number of esters is 1. The van der Waals surface area contributed by atoms with Crippen LogP contribution in [0.3, 0.4) is 0 Å². The highest BCUT2D eigenvalue weighted by Gasteiger charge is 2.45. The first kappa shape index (κ1) is 12.6. The van der Waals surface area contributed by atoms with Crippen molar-refractivity contribution in [2.75, 3.05) is 6.61 Å². The van der Waals surface area contributed by atoms with E-state index in [-0.39, 0.29) is 11.4 Å². The molecule has 0 atom stereocenters. The Morgan fingerprint density at radius 1 is 1.39 bits per heavy atom. The summed E-state index contributed by atoms with van der Waals surface area (Å²) in [6.07, 6.45) is 2.62. The summed E-state index contributed by atoms with van der Waals surface area (Å²) in [4.78, 5) is 11.8. The average Bonchev–Trinajstić information content (AvgIpc) is 3.19. The van der Waals surface area contributed by atoms with Crippen LogP contribution in [0.25, 0.3) is 0 Å². The largest absolute Gasteiger partial charge is 0.462 e. The molecule has 0 spiro atoms. The van der Waals surface area contributed by atoms with Crippen molar-refractivity contribution in [1.29, 1.82) is 5.26 Å². The molecule has 3 heteroatoms. The highest BCUT2D eigenvalue weighted by molar-refractivity contribution is 5.90. The number of nitriles is 1. The Balaban J connectivity index is 2.40. The highest BCUT2D eigenvalue weighted by atomic mass is 16.5. The zero-order chi connectivity index (χ0) is 13.2. The molecule has 1 aromatic carbocycles. The zero-order valence-electron chi connectivity index (χ0n) is 10.8. The van der Waals surface area contributed by atoms with Crippen molar-refractivity contribution in [1.82, 2.24) is 0 Å². The van der Waals surface area contributed by atoms with Gasteiger partial charge in [-0.1, -0.05) is 13.0 Å². The number of aryl methyl sites for hydroxylation is 1. The molecule has 0 amide bonds. The number of benzene rings is 1. The fourth-order valence-corrected chi connectivity index (χ4v) is 2.09. The lowest BCUT2D eigenvalue weighted by atomic mass is 9.93. The van der Waals surface area contributed by atoms with Crippen LogP contribution < -0.4 is 0 Å². The molecule has 3 nitrogen and oxygen atoms in total. The van der Waals surface area contributed by atoms with E-state index >= 15 is 0 Å². The van der Waals surface area contributed by atoms with Gasteiger partial charge in [0.25, 0.3) is 0 Å². The molecule has 1 aromatic rings. The SMILES string of the molecule is CCOC(=O)c1cc(CC)cc(C2(C#N)CC2)c1. The lowest BCUT2D eigenvalue weighted by Crippen LogP contribution is -2.09. The molecule has 18 heavy (non-hydrogen) atoms. The van der Waals surface area contributed by atoms with Crippen molar-refractivity contribution in [3.05, 3.63) is 34.9 Å². The van der Waals surface area contributed by atoms with Crippen LogP contribution in [0.5, 0.6) is 0 Å². The van der Waals surface area contributed by atoms with E-state index in [4.69, 9.17) is 4.74 Å². The third kappa shape index (κ3) is 2.24. The maximum atomic E-state index is 11.8. The molecule has 0 aromatic heterocycles. The Morgan fingerprint density at radius 2 is 2.11 bits per heavy atom. The lowest BCUT2D eigenvalue weighted by Gasteiger charge is -2.11. The minimum atomic E-state index is -0.355. The van der Waals surface area contributed by atoms with Gasteiger partial charge in [0.1, 0.15) is 0 Å². The first-order chi connectivity index (χ1) is 8.65. The molecule has 1 aliphatic rings. The van der Waals surface area contributed by atoms with Crippen molar-refractivity contribution in [2.45, 2.75) is 38.5 Å². The third-order valence-electron chi connectivity index (χ3n) is 3.43. The van der Waals surface area contributed by atoms with Crippen molar-refractivity contribution < 1.29 is 9.53 Å². The predicted molar refractivity (Wildman–Crippen MR) is 68.3 cm³/mol. The Labute approximate surface area is 107 Å². The Morgan fingerprint density at radius 3 is 2.61 bits per heavy atom. The number of rotatable bonds is 4. The predicted octanol–water partition coefficient (Wildman–Crippen LogP) is 2.98. The average molecular weight is 243 g/mol. The molecular formula is C15H17NO2. The maximum absolute atomic E-state index is 11.8. The number of carbonyl (C=O) groups is 1. The molecule has 0 aliphatic heterocycles. The van der Waals surface area contributed by atoms with Crippen molar-refractivity contribution in [3.63, 3.8) is 0 Å². The quantitative estimate of drug-likeness (QED) is 0.764. The second-order valence-corrected chi connectivity index (χ2v) is 4.69. The van der Waals surface area contributed by atoms with E-state index in [9.17, 15) is 10.1 Å². The van der Waals surface area contributed by atoms with Crippen molar-refractivity contribution >= 4 is 5.97 Å². The monoisotopic (exact) mass is 243 g/mol. The molecular weight excluding hydrogens is 226 g/mol. The van der Waals surface area contributed by atoms with Gasteiger partial charge in [-0.25, -0.2) is 4.79 Å². The summed E-state index contributed by atoms with van der Waals surface area (Å²) in [6.45, 7) is 4.20. The second kappa shape index (κ2) is 4.81. The molecule has 1 aliphatic carbocycles. The van der Waals surface area contributed by atoms with Crippen LogP contribution in [0, 0.1) is 11.3 Å². The minimum absolute atomic E-state index is 0.303. The maximum Gasteiger partial charge on any atom is 0.338 e. The van der Waals surface area contributed by atoms with Gasteiger partial charge in [0.15, 0.2) is 0 Å². The van der Waals surface area contributed by atoms with Gasteiger partial charge >= 0.3 is 5.97 Å². The van der Waals surface area contributed by atoms with Gasteiger partial charge in [-0.3, -0.25) is 0 Å². The topological polar surface area (TPSA) is 50.1 Å². The molecule has 0 bridgehead atoms. The normalized spacial score (nSPS) is 15.8. The van der Waals surface area contributed by atoms with E-state index in [1.54, 1.807) is 6.92 Å². The van der Waals surface area contributed by atoms with E-state index in [0.717, 1.165) is 30.4 Å². The number of hydrogen-bond acceptors (Lipinski definition) is 3. The van der Waals surface area contributed by atoms with Gasteiger partial charge in [0.2, 0.25) is 0 Å². The number of carbonyl (C=O) groups excluding carboxylic acids is 1. The minimum Gasteiger partial charge on any atom is -0.462 e. The molecule has 0 saturated heterocycles. The summed E-state index contributed by atoms with van der Waals surface area (Å²) < 4.78 is 5.03. The molecule has 1 saturated carbocycles. The summed E-state index contributed by atoms with van der Waals surface area (Å²) in [5.74, 6) is -0.303.